The fourth-order valence-electron chi connectivity index (χ4n) is 5.98. The predicted molar refractivity (Wildman–Crippen MR) is 147 cm³/mol. The molecular formula is C32H35N3O. The van der Waals surface area contributed by atoms with Gasteiger partial charge in [0.25, 0.3) is 5.91 Å². The monoisotopic (exact) mass is 477 g/mol. The van der Waals surface area contributed by atoms with Gasteiger partial charge in [-0.15, -0.1) is 0 Å². The van der Waals surface area contributed by atoms with E-state index in [9.17, 15) is 4.79 Å². The molecule has 5 rings (SSSR count). The van der Waals surface area contributed by atoms with Crippen molar-refractivity contribution in [2.45, 2.75) is 57.5 Å². The first kappa shape index (κ1) is 24.2. The van der Waals surface area contributed by atoms with E-state index in [4.69, 9.17) is 5.73 Å². The van der Waals surface area contributed by atoms with Crippen LogP contribution in [0.15, 0.2) is 85.1 Å². The largest absolute Gasteiger partial charge is 0.333 e. The molecule has 1 fully saturated rings. The lowest BCUT2D eigenvalue weighted by Gasteiger charge is -2.50. The number of aryl methyl sites for hydroxylation is 3. The van der Waals surface area contributed by atoms with Gasteiger partial charge >= 0.3 is 0 Å². The summed E-state index contributed by atoms with van der Waals surface area (Å²) in [4.78, 5) is 20.9. The molecule has 2 N–H and O–H groups in total. The molecule has 0 spiro atoms. The van der Waals surface area contributed by atoms with E-state index in [-0.39, 0.29) is 17.5 Å². The molecule has 0 radical (unpaired) electrons. The maximum atomic E-state index is 14.2. The number of benzene rings is 3. The molecule has 1 aromatic heterocycles. The van der Waals surface area contributed by atoms with Crippen LogP contribution in [0.4, 0.5) is 0 Å². The molecule has 4 aromatic rings. The molecule has 2 atom stereocenters. The molecule has 2 heterocycles. The zero-order valence-corrected chi connectivity index (χ0v) is 21.3. The van der Waals surface area contributed by atoms with Crippen molar-refractivity contribution in [1.82, 2.24) is 9.88 Å². The van der Waals surface area contributed by atoms with Crippen LogP contribution in [0, 0.1) is 13.8 Å². The zero-order valence-electron chi connectivity index (χ0n) is 21.3. The Balaban J connectivity index is 1.59. The standard InChI is InChI=1S/C32H35N3O/c1-23-18-24(2)20-27(19-23)31(36)35-17-14-28(33)22-32(35,15-12-25-8-4-3-5-9-25)21-26-13-16-34-30-11-7-6-10-29(26)30/h3-11,13,16,18-20,28H,12,14-15,17,21-22,33H2,1-2H3/t28-,32+/m0/s1. The number of rotatable bonds is 6. The van der Waals surface area contributed by atoms with Gasteiger partial charge in [-0.25, -0.2) is 0 Å². The second-order valence-corrected chi connectivity index (χ2v) is 10.5. The Labute approximate surface area is 214 Å². The second-order valence-electron chi connectivity index (χ2n) is 10.5. The number of piperidine rings is 1. The van der Waals surface area contributed by atoms with Crippen LogP contribution in [0.25, 0.3) is 10.9 Å². The summed E-state index contributed by atoms with van der Waals surface area (Å²) in [5, 5.41) is 1.15. The number of nitrogens with two attached hydrogens (primary N) is 1. The molecule has 3 aromatic carbocycles. The van der Waals surface area contributed by atoms with Gasteiger partial charge in [-0.3, -0.25) is 9.78 Å². The number of amides is 1. The number of aromatic nitrogens is 1. The molecule has 0 saturated carbocycles. The van der Waals surface area contributed by atoms with Crippen LogP contribution in [-0.4, -0.2) is 33.9 Å². The minimum Gasteiger partial charge on any atom is -0.333 e. The number of para-hydroxylation sites is 1. The summed E-state index contributed by atoms with van der Waals surface area (Å²) in [5.41, 5.74) is 12.8. The summed E-state index contributed by atoms with van der Waals surface area (Å²) in [6.45, 7) is 4.79. The van der Waals surface area contributed by atoms with Crippen LogP contribution in [0.1, 0.15) is 51.9 Å². The Morgan fingerprint density at radius 1 is 1.00 bits per heavy atom. The van der Waals surface area contributed by atoms with Crippen molar-refractivity contribution in [1.29, 1.82) is 0 Å². The Morgan fingerprint density at radius 3 is 2.50 bits per heavy atom. The topological polar surface area (TPSA) is 59.2 Å². The van der Waals surface area contributed by atoms with E-state index in [1.54, 1.807) is 0 Å². The number of pyridine rings is 1. The summed E-state index contributed by atoms with van der Waals surface area (Å²) in [5.74, 6) is 0.111. The van der Waals surface area contributed by atoms with Gasteiger partial charge < -0.3 is 10.6 Å². The molecule has 4 heteroatoms. The predicted octanol–water partition coefficient (Wildman–Crippen LogP) is 6.03. The molecule has 36 heavy (non-hydrogen) atoms. The quantitative estimate of drug-likeness (QED) is 0.369. The van der Waals surface area contributed by atoms with E-state index in [1.165, 1.54) is 11.1 Å². The summed E-state index contributed by atoms with van der Waals surface area (Å²) in [6.07, 6.45) is 6.01. The van der Waals surface area contributed by atoms with Gasteiger partial charge in [-0.1, -0.05) is 65.7 Å². The minimum atomic E-state index is -0.383. The molecular weight excluding hydrogens is 442 g/mol. The minimum absolute atomic E-state index is 0.0668. The third-order valence-electron chi connectivity index (χ3n) is 7.63. The SMILES string of the molecule is Cc1cc(C)cc(C(=O)N2CC[C@H](N)C[C@@]2(CCc2ccccc2)Cc2ccnc3ccccc23)c1. The highest BCUT2D eigenvalue weighted by atomic mass is 16.2. The van der Waals surface area contributed by atoms with Crippen molar-refractivity contribution >= 4 is 16.8 Å². The third kappa shape index (κ3) is 5.05. The van der Waals surface area contributed by atoms with Gasteiger partial charge in [0.05, 0.1) is 5.52 Å². The van der Waals surface area contributed by atoms with Crippen LogP contribution in [0.2, 0.25) is 0 Å². The van der Waals surface area contributed by atoms with Crippen molar-refractivity contribution in [3.05, 3.63) is 113 Å². The fraction of sp³-hybridized carbons (Fsp3) is 0.312. The smallest absolute Gasteiger partial charge is 0.254 e. The van der Waals surface area contributed by atoms with E-state index in [1.807, 2.05) is 24.4 Å². The van der Waals surface area contributed by atoms with Crippen LogP contribution in [0.5, 0.6) is 0 Å². The van der Waals surface area contributed by atoms with Crippen molar-refractivity contribution in [3.63, 3.8) is 0 Å². The number of carbonyl (C=O) groups is 1. The molecule has 0 aliphatic carbocycles. The van der Waals surface area contributed by atoms with Crippen molar-refractivity contribution < 1.29 is 4.79 Å². The van der Waals surface area contributed by atoms with Gasteiger partial charge in [-0.2, -0.15) is 0 Å². The molecule has 1 aliphatic rings. The highest BCUT2D eigenvalue weighted by Crippen LogP contribution is 2.38. The summed E-state index contributed by atoms with van der Waals surface area (Å²) in [6, 6.07) is 27.2. The van der Waals surface area contributed by atoms with Gasteiger partial charge in [-0.05, 0) is 81.3 Å². The molecule has 0 bridgehead atoms. The first-order chi connectivity index (χ1) is 17.4. The van der Waals surface area contributed by atoms with Crippen molar-refractivity contribution in [2.75, 3.05) is 6.54 Å². The van der Waals surface area contributed by atoms with Crippen LogP contribution in [-0.2, 0) is 12.8 Å². The lowest BCUT2D eigenvalue weighted by Crippen LogP contribution is -2.60. The number of nitrogens with zero attached hydrogens (tertiary/aromatic N) is 2. The molecule has 1 saturated heterocycles. The maximum absolute atomic E-state index is 14.2. The molecule has 4 nitrogen and oxygen atoms in total. The van der Waals surface area contributed by atoms with Crippen molar-refractivity contribution in [3.8, 4) is 0 Å². The van der Waals surface area contributed by atoms with E-state index >= 15 is 0 Å². The number of likely N-dealkylation sites (tertiary alicyclic amines) is 1. The average Bonchev–Trinajstić information content (AvgIpc) is 2.88. The van der Waals surface area contributed by atoms with Gasteiger partial charge in [0.1, 0.15) is 0 Å². The van der Waals surface area contributed by atoms with E-state index in [0.29, 0.717) is 6.54 Å². The first-order valence-corrected chi connectivity index (χ1v) is 13.0. The van der Waals surface area contributed by atoms with E-state index in [0.717, 1.165) is 59.7 Å². The number of fused-ring (bicyclic) bond motifs is 1. The Bertz CT molecular complexity index is 1340. The zero-order chi connectivity index (χ0) is 25.1. The van der Waals surface area contributed by atoms with E-state index < -0.39 is 0 Å². The van der Waals surface area contributed by atoms with Gasteiger partial charge in [0.2, 0.25) is 0 Å². The van der Waals surface area contributed by atoms with Crippen molar-refractivity contribution in [2.24, 2.45) is 5.73 Å². The Kier molecular flexibility index (Phi) is 6.88. The van der Waals surface area contributed by atoms with Crippen LogP contribution in [0.3, 0.4) is 0 Å². The molecule has 1 aliphatic heterocycles. The van der Waals surface area contributed by atoms with Gasteiger partial charge in [0.15, 0.2) is 0 Å². The summed E-state index contributed by atoms with van der Waals surface area (Å²) in [7, 11) is 0. The highest BCUT2D eigenvalue weighted by molar-refractivity contribution is 5.95. The van der Waals surface area contributed by atoms with Gasteiger partial charge in [0, 0.05) is 35.3 Å². The first-order valence-electron chi connectivity index (χ1n) is 13.0. The number of hydrogen-bond donors (Lipinski definition) is 1. The Hall–Kier alpha value is -3.50. The lowest BCUT2D eigenvalue weighted by molar-refractivity contribution is 0.0234. The number of carbonyl (C=O) groups excluding carboxylic acids is 1. The van der Waals surface area contributed by atoms with Crippen LogP contribution >= 0.6 is 0 Å². The summed E-state index contributed by atoms with van der Waals surface area (Å²) < 4.78 is 0. The second kappa shape index (κ2) is 10.2. The van der Waals surface area contributed by atoms with E-state index in [2.05, 4.69) is 84.4 Å². The molecule has 0 unspecified atom stereocenters. The normalized spacial score (nSPS) is 20.0. The fourth-order valence-corrected chi connectivity index (χ4v) is 5.98. The number of hydrogen-bond acceptors (Lipinski definition) is 3. The Morgan fingerprint density at radius 2 is 1.72 bits per heavy atom. The third-order valence-corrected chi connectivity index (χ3v) is 7.63. The maximum Gasteiger partial charge on any atom is 0.254 e. The summed E-state index contributed by atoms with van der Waals surface area (Å²) >= 11 is 0. The highest BCUT2D eigenvalue weighted by Gasteiger charge is 2.44. The molecule has 1 amide bonds. The lowest BCUT2D eigenvalue weighted by atomic mass is 9.75. The molecule has 184 valence electrons. The average molecular weight is 478 g/mol. The van der Waals surface area contributed by atoms with Crippen LogP contribution < -0.4 is 5.73 Å².